The van der Waals surface area contributed by atoms with Crippen LogP contribution in [0.2, 0.25) is 0 Å². The molecular weight excluding hydrogens is 302 g/mol. The van der Waals surface area contributed by atoms with E-state index in [-0.39, 0.29) is 5.91 Å². The molecule has 3 rings (SSSR count). The largest absolute Gasteiger partial charge is 0.472 e. The summed E-state index contributed by atoms with van der Waals surface area (Å²) < 4.78 is 5.10. The Morgan fingerprint density at radius 2 is 1.81 bits per heavy atom. The predicted octanol–water partition coefficient (Wildman–Crippen LogP) is 4.17. The van der Waals surface area contributed by atoms with Crippen molar-refractivity contribution >= 4 is 28.6 Å². The molecule has 0 aliphatic heterocycles. The van der Waals surface area contributed by atoms with Gasteiger partial charge >= 0.3 is 0 Å². The molecule has 3 heterocycles. The van der Waals surface area contributed by atoms with Crippen molar-refractivity contribution in [1.29, 1.82) is 0 Å². The van der Waals surface area contributed by atoms with Crippen LogP contribution in [0.25, 0.3) is 0 Å². The van der Waals surface area contributed by atoms with Crippen LogP contribution in [-0.2, 0) is 24.3 Å². The quantitative estimate of drug-likeness (QED) is 0.683. The average molecular weight is 317 g/mol. The fourth-order valence-electron chi connectivity index (χ4n) is 2.10. The lowest BCUT2D eigenvalue weighted by atomic mass is 10.2. The van der Waals surface area contributed by atoms with Gasteiger partial charge in [-0.05, 0) is 29.0 Å². The van der Waals surface area contributed by atoms with Crippen LogP contribution in [0.15, 0.2) is 58.0 Å². The van der Waals surface area contributed by atoms with E-state index in [4.69, 9.17) is 4.42 Å². The third-order valence-electron chi connectivity index (χ3n) is 3.14. The Balaban J connectivity index is 1.72. The summed E-state index contributed by atoms with van der Waals surface area (Å²) >= 11 is 3.30. The average Bonchev–Trinajstić information content (AvgIpc) is 3.21. The summed E-state index contributed by atoms with van der Waals surface area (Å²) in [5.74, 6) is 0.145. The summed E-state index contributed by atoms with van der Waals surface area (Å²) in [6, 6.07) is 9.96. The Kier molecular flexibility index (Phi) is 4.52. The Morgan fingerprint density at radius 1 is 1.05 bits per heavy atom. The van der Waals surface area contributed by atoms with Gasteiger partial charge in [-0.15, -0.1) is 22.7 Å². The van der Waals surface area contributed by atoms with Gasteiger partial charge in [-0.2, -0.15) is 0 Å². The van der Waals surface area contributed by atoms with Crippen molar-refractivity contribution in [3.8, 4) is 0 Å². The third kappa shape index (κ3) is 3.83. The molecule has 0 aliphatic rings. The fourth-order valence-corrected chi connectivity index (χ4v) is 3.52. The molecule has 108 valence electrons. The molecule has 1 amide bonds. The van der Waals surface area contributed by atoms with E-state index in [2.05, 4.69) is 6.07 Å². The Labute approximate surface area is 131 Å². The number of carbonyl (C=O) groups is 1. The van der Waals surface area contributed by atoms with E-state index in [1.165, 1.54) is 4.88 Å². The summed E-state index contributed by atoms with van der Waals surface area (Å²) in [4.78, 5) is 16.7. The zero-order chi connectivity index (χ0) is 14.5. The lowest BCUT2D eigenvalue weighted by Gasteiger charge is -2.21. The highest BCUT2D eigenvalue weighted by Crippen LogP contribution is 2.17. The molecule has 0 N–H and O–H groups in total. The normalized spacial score (nSPS) is 10.7. The molecule has 5 heteroatoms. The van der Waals surface area contributed by atoms with Crippen LogP contribution >= 0.6 is 22.7 Å². The fraction of sp³-hybridized carbons (Fsp3) is 0.188. The zero-order valence-electron chi connectivity index (χ0n) is 11.4. The summed E-state index contributed by atoms with van der Waals surface area (Å²) in [6.45, 7) is 1.23. The Morgan fingerprint density at radius 3 is 2.43 bits per heavy atom. The summed E-state index contributed by atoms with van der Waals surface area (Å²) in [5, 5.41) is 4.04. The second-order valence-electron chi connectivity index (χ2n) is 4.72. The van der Waals surface area contributed by atoms with Gasteiger partial charge in [0.05, 0.1) is 25.5 Å². The molecule has 3 aromatic rings. The van der Waals surface area contributed by atoms with E-state index in [9.17, 15) is 4.79 Å². The molecule has 0 spiro atoms. The van der Waals surface area contributed by atoms with Crippen LogP contribution in [0.3, 0.4) is 0 Å². The number of thiophene rings is 2. The van der Waals surface area contributed by atoms with Gasteiger partial charge in [0.1, 0.15) is 0 Å². The first kappa shape index (κ1) is 14.1. The van der Waals surface area contributed by atoms with Gasteiger partial charge in [-0.1, -0.05) is 12.1 Å². The number of carbonyl (C=O) groups excluding carboxylic acids is 1. The van der Waals surface area contributed by atoms with Crippen LogP contribution in [0.4, 0.5) is 0 Å². The third-order valence-corrected chi connectivity index (χ3v) is 4.88. The van der Waals surface area contributed by atoms with Crippen molar-refractivity contribution in [2.45, 2.75) is 19.5 Å². The zero-order valence-corrected chi connectivity index (χ0v) is 13.0. The maximum absolute atomic E-state index is 12.6. The first-order chi connectivity index (χ1) is 10.3. The summed E-state index contributed by atoms with van der Waals surface area (Å²) in [6.07, 6.45) is 3.79. The number of nitrogens with zero attached hydrogens (tertiary/aromatic N) is 1. The van der Waals surface area contributed by atoms with Gasteiger partial charge in [-0.25, -0.2) is 0 Å². The minimum Gasteiger partial charge on any atom is -0.472 e. The summed E-state index contributed by atoms with van der Waals surface area (Å²) in [5.41, 5.74) is 1.02. The maximum Gasteiger partial charge on any atom is 0.228 e. The van der Waals surface area contributed by atoms with E-state index in [0.717, 1.165) is 10.4 Å². The first-order valence-electron chi connectivity index (χ1n) is 6.65. The predicted molar refractivity (Wildman–Crippen MR) is 85.3 cm³/mol. The van der Waals surface area contributed by atoms with Gasteiger partial charge in [0.15, 0.2) is 0 Å². The highest BCUT2D eigenvalue weighted by atomic mass is 32.1. The van der Waals surface area contributed by atoms with Crippen molar-refractivity contribution in [1.82, 2.24) is 4.90 Å². The summed E-state index contributed by atoms with van der Waals surface area (Å²) in [7, 11) is 0. The smallest absolute Gasteiger partial charge is 0.228 e. The molecule has 0 radical (unpaired) electrons. The van der Waals surface area contributed by atoms with E-state index in [1.54, 1.807) is 35.2 Å². The van der Waals surface area contributed by atoms with Gasteiger partial charge in [0.25, 0.3) is 0 Å². The first-order valence-corrected chi connectivity index (χ1v) is 8.41. The van der Waals surface area contributed by atoms with Gasteiger partial charge in [0.2, 0.25) is 5.91 Å². The standard InChI is InChI=1S/C16H15NO2S2/c18-16(9-14-3-1-7-20-14)17(10-13-5-6-19-12-13)11-15-4-2-8-21-15/h1-8,12H,9-11H2. The molecule has 3 nitrogen and oxygen atoms in total. The minimum atomic E-state index is 0.145. The van der Waals surface area contributed by atoms with Gasteiger partial charge in [-0.3, -0.25) is 4.79 Å². The van der Waals surface area contributed by atoms with E-state index in [0.29, 0.717) is 19.5 Å². The van der Waals surface area contributed by atoms with Crippen LogP contribution in [0.5, 0.6) is 0 Å². The van der Waals surface area contributed by atoms with E-state index in [1.807, 2.05) is 39.9 Å². The molecule has 0 fully saturated rings. The van der Waals surface area contributed by atoms with Crippen LogP contribution in [-0.4, -0.2) is 10.8 Å². The lowest BCUT2D eigenvalue weighted by molar-refractivity contribution is -0.131. The van der Waals surface area contributed by atoms with Crippen LogP contribution < -0.4 is 0 Å². The van der Waals surface area contributed by atoms with Crippen molar-refractivity contribution in [3.05, 3.63) is 68.9 Å². The van der Waals surface area contributed by atoms with Crippen molar-refractivity contribution < 1.29 is 9.21 Å². The van der Waals surface area contributed by atoms with Crippen LogP contribution in [0.1, 0.15) is 15.3 Å². The molecule has 0 unspecified atom stereocenters. The second-order valence-corrected chi connectivity index (χ2v) is 6.78. The molecular formula is C16H15NO2S2. The topological polar surface area (TPSA) is 33.5 Å². The highest BCUT2D eigenvalue weighted by molar-refractivity contribution is 7.10. The minimum absolute atomic E-state index is 0.145. The molecule has 0 aliphatic carbocycles. The van der Waals surface area contributed by atoms with E-state index >= 15 is 0 Å². The SMILES string of the molecule is O=C(Cc1cccs1)N(Cc1ccoc1)Cc1cccs1. The molecule has 0 atom stereocenters. The molecule has 0 saturated carbocycles. The van der Waals surface area contributed by atoms with Crippen molar-refractivity contribution in [3.63, 3.8) is 0 Å². The molecule has 3 aromatic heterocycles. The number of furan rings is 1. The van der Waals surface area contributed by atoms with Crippen molar-refractivity contribution in [2.75, 3.05) is 0 Å². The van der Waals surface area contributed by atoms with E-state index < -0.39 is 0 Å². The Bertz CT molecular complexity index is 621. The van der Waals surface area contributed by atoms with Crippen molar-refractivity contribution in [2.24, 2.45) is 0 Å². The number of amides is 1. The molecule has 0 bridgehead atoms. The second kappa shape index (κ2) is 6.74. The lowest BCUT2D eigenvalue weighted by Crippen LogP contribution is -2.30. The molecule has 0 saturated heterocycles. The number of hydrogen-bond acceptors (Lipinski definition) is 4. The Hall–Kier alpha value is -1.85. The maximum atomic E-state index is 12.6. The molecule has 21 heavy (non-hydrogen) atoms. The number of hydrogen-bond donors (Lipinski definition) is 0. The molecule has 0 aromatic carbocycles. The van der Waals surface area contributed by atoms with Crippen LogP contribution in [0, 0.1) is 0 Å². The number of rotatable bonds is 6. The van der Waals surface area contributed by atoms with Gasteiger partial charge in [0, 0.05) is 21.9 Å². The highest BCUT2D eigenvalue weighted by Gasteiger charge is 2.16. The monoisotopic (exact) mass is 317 g/mol. The van der Waals surface area contributed by atoms with Gasteiger partial charge < -0.3 is 9.32 Å².